The molecule has 25 fully saturated rings. The number of carbonyl (C=O) groups is 5. The number of rotatable bonds is 18. The second-order valence-electron chi connectivity index (χ2n) is 45.2. The maximum Gasteiger partial charge on any atom is 0.508 e. The van der Waals surface area contributed by atoms with Crippen LogP contribution in [0.25, 0.3) is 0 Å². The Morgan fingerprint density at radius 3 is 0.914 bits per heavy atom. The number of halogens is 1. The van der Waals surface area contributed by atoms with E-state index in [2.05, 4.69) is 74.0 Å². The maximum absolute atomic E-state index is 13.4. The van der Waals surface area contributed by atoms with Crippen molar-refractivity contribution in [3.8, 4) is 0 Å². The minimum atomic E-state index is -0.808. The largest absolute Gasteiger partial charge is 0.508 e. The quantitative estimate of drug-likeness (QED) is 0.0570. The van der Waals surface area contributed by atoms with Gasteiger partial charge in [-0.2, -0.15) is 0 Å². The van der Waals surface area contributed by atoms with Gasteiger partial charge < -0.3 is 80.7 Å². The summed E-state index contributed by atoms with van der Waals surface area (Å²) in [5.41, 5.74) is -3.68. The summed E-state index contributed by atoms with van der Waals surface area (Å²) in [7, 11) is 1.30. The number of amides is 1. The van der Waals surface area contributed by atoms with Gasteiger partial charge in [0.1, 0.15) is 62.7 Å². The van der Waals surface area contributed by atoms with E-state index in [-0.39, 0.29) is 116 Å². The van der Waals surface area contributed by atoms with Crippen molar-refractivity contribution in [1.29, 1.82) is 0 Å². The van der Waals surface area contributed by atoms with Crippen molar-refractivity contribution in [3.63, 3.8) is 0 Å². The first-order chi connectivity index (χ1) is 66.0. The molecule has 0 radical (unpaired) electrons. The average molecular weight is 2060 g/mol. The molecule has 1 amide bonds. The summed E-state index contributed by atoms with van der Waals surface area (Å²) in [4.78, 5) is 120. The number of carbonyl (C=O) groups excluding carboxylic acids is 5. The van der Waals surface area contributed by atoms with Gasteiger partial charge in [0.25, 0.3) is 0 Å². The molecule has 32 nitrogen and oxygen atoms in total. The Bertz CT molecular complexity index is 4440. The molecule has 1 aromatic carbocycles. The normalized spacial score (nSPS) is 47.6. The summed E-state index contributed by atoms with van der Waals surface area (Å²) >= 11 is 7.48. The van der Waals surface area contributed by atoms with E-state index >= 15 is 0 Å². The van der Waals surface area contributed by atoms with Crippen molar-refractivity contribution in [2.75, 3.05) is 49.9 Å². The van der Waals surface area contributed by atoms with Gasteiger partial charge in [0.05, 0.1) is 18.1 Å². The summed E-state index contributed by atoms with van der Waals surface area (Å²) in [6.07, 6.45) is 17.0. The first-order valence-electron chi connectivity index (χ1n) is 51.4. The number of ether oxygens (including phenoxy) is 16. The third kappa shape index (κ3) is 20.4. The average Bonchev–Trinajstić information content (AvgIpc) is 1.63. The molecule has 0 unspecified atom stereocenters. The van der Waals surface area contributed by atoms with Crippen LogP contribution in [0.2, 0.25) is 0 Å². The lowest BCUT2D eigenvalue weighted by Crippen LogP contribution is -2.70. The molecular weight excluding hydrogens is 1900 g/mol. The molecule has 20 aliphatic heterocycles. The Morgan fingerprint density at radius 1 is 0.374 bits per heavy atom. The van der Waals surface area contributed by atoms with Crippen molar-refractivity contribution in [2.24, 2.45) is 124 Å². The summed E-state index contributed by atoms with van der Waals surface area (Å²) in [6.45, 7) is 44.3. The molecular formula is C101H154FNO31S5. The van der Waals surface area contributed by atoms with Gasteiger partial charge in [-0.15, -0.1) is 0 Å². The van der Waals surface area contributed by atoms with Gasteiger partial charge in [0.15, 0.2) is 59.5 Å². The molecule has 5 spiro atoms. The van der Waals surface area contributed by atoms with Crippen molar-refractivity contribution in [1.82, 2.24) is 4.90 Å². The Labute approximate surface area is 840 Å². The smallest absolute Gasteiger partial charge is 0.455 e. The lowest BCUT2D eigenvalue weighted by molar-refractivity contribution is -0.568. The van der Waals surface area contributed by atoms with Crippen molar-refractivity contribution in [2.45, 2.75) is 389 Å². The SMILES string of the molecule is CC(=O)OCS[C@@H]1O[C@@H]2O[C@]3(C)CC[C@H]4[C@H](C)CC[C@@H]([C@H]1C)[C@@]24OO3.CCN(CC)C(=O)OCS[C@@H]1O[C@@H]2O[C@]3(C)CC[C@H]4[C@H](C)CC[C@@H]([C@H]1C)[C@@]24OO3.COC(=O)OCS[C@@H]1O[C@@H]2O[C@]3(C)CC[C@H]4[C@H](C)CC[C@@H]([C@H]1C)[C@@]24OO3.C[C@H]1[C@H](SCOC(=O)C(C)(C)C)O[C@@H]2O[C@]3(C)CC[C@H]4[C@H](C)CC[C@@H]1[C@@]24OO3.C[C@H]1[C@H](SCOC(=O)c2cccc(F)c2)O[C@@H]2O[C@]3(C)CC[C@H]4[C@H](C)CC[C@@H]1[C@@]24OO3. The van der Waals surface area contributed by atoms with E-state index < -0.39 is 112 Å². The zero-order valence-electron chi connectivity index (χ0n) is 85.2. The molecule has 1 aromatic rings. The van der Waals surface area contributed by atoms with Gasteiger partial charge in [0.2, 0.25) is 28.9 Å². The Hall–Kier alpha value is -2.95. The molecule has 10 bridgehead atoms. The van der Waals surface area contributed by atoms with E-state index in [9.17, 15) is 28.4 Å². The summed E-state index contributed by atoms with van der Waals surface area (Å²) < 4.78 is 108. The molecule has 25 aliphatic rings. The standard InChI is InChI=1S/C23H29FO6S.C21H35NO6S.C21H34O6S.C18H28O7S.C18H28O6S/c1-13-7-8-18-14(2)20(31-12-26-19(25)15-5-4-6-16(24)11-15)27-21-23(18)17(13)9-10-22(3,28-21)29-30-23;1-6-22(7-2)19(23)24-12-29-17-14(4)16-9-8-13(3)15-10-11-20(5)26-18(25-17)21(15,16)28-27-20;1-12-7-8-15-13(2)16(28-11-23-17(22)19(3,4)5)24-18-21(15)14(12)9-10-20(6,25-18)26-27-21;1-10-5-6-13-11(2)14(26-9-21-16(19)20-4)22-15-18(13)12(10)7-8-17(3,23-15)24-25-18;1-10-5-6-14-11(2)15(25-9-20-12(3)19)21-16-18(14)13(10)7-8-17(4,22-16)23-24-18/h4-6,11,13-14,17-18,20-21H,7-10,12H2,1-3H3;13-18H,6-12H2,1-5H3;12-16,18H,7-11H2,1-6H3;10-15H,5-9H2,1-4H3;10-11,13-16H,5-9H2,1-4H3/t13-,14-,17+,18+,20+,21-,22+,23-;13-,14-,15+,16+,17+,18-,20+,21-;12-,13-,14+,15+,16+,18-,20+,21-;10-,11-,12+,13+,14+,15-,17+,18-;10-,11-,13+,14+,15+,16-,17+,18-/m11111/s1. The number of fused-ring (bicyclic) bond motifs is 10. The number of esters is 3. The monoisotopic (exact) mass is 2060 g/mol. The molecule has 38 heteroatoms. The van der Waals surface area contributed by atoms with Crippen LogP contribution in [-0.4, -0.2) is 201 Å². The van der Waals surface area contributed by atoms with Crippen molar-refractivity contribution in [3.05, 3.63) is 35.6 Å². The molecule has 26 rings (SSSR count). The van der Waals surface area contributed by atoms with Crippen molar-refractivity contribution < 1.29 is 153 Å². The number of nitrogens with zero attached hydrogens (tertiary/aromatic N) is 1. The summed E-state index contributed by atoms with van der Waals surface area (Å²) in [5, 5.41) is 0. The minimum Gasteiger partial charge on any atom is -0.455 e. The number of benzene rings is 1. The van der Waals surface area contributed by atoms with Crippen LogP contribution < -0.4 is 0 Å². The molecule has 20 heterocycles. The highest BCUT2D eigenvalue weighted by Crippen LogP contribution is 2.69. The van der Waals surface area contributed by atoms with E-state index in [1.54, 1.807) is 4.90 Å². The molecule has 0 aromatic heterocycles. The van der Waals surface area contributed by atoms with Crippen LogP contribution in [-0.2, 0) is 134 Å². The van der Waals surface area contributed by atoms with Crippen LogP contribution in [0.5, 0.6) is 0 Å². The van der Waals surface area contributed by atoms with E-state index in [4.69, 9.17) is 120 Å². The van der Waals surface area contributed by atoms with E-state index in [0.29, 0.717) is 96.0 Å². The fourth-order valence-electron chi connectivity index (χ4n) is 27.7. The number of methoxy groups -OCH3 is 1. The fraction of sp³-hybridized carbons (Fsp3) is 0.891. The van der Waals surface area contributed by atoms with Crippen LogP contribution in [0.15, 0.2) is 24.3 Å². The Morgan fingerprint density at radius 2 is 0.647 bits per heavy atom. The van der Waals surface area contributed by atoms with Crippen LogP contribution >= 0.6 is 58.8 Å². The highest BCUT2D eigenvalue weighted by atomic mass is 32.2. The highest BCUT2D eigenvalue weighted by Gasteiger charge is 2.76. The van der Waals surface area contributed by atoms with Crippen LogP contribution in [0.3, 0.4) is 0 Å². The number of hydrogen-bond acceptors (Lipinski definition) is 36. The van der Waals surface area contributed by atoms with Gasteiger partial charge in [-0.05, 0) is 273 Å². The summed E-state index contributed by atoms with van der Waals surface area (Å²) in [5.74, 6) is 2.90. The molecule has 20 saturated heterocycles. The van der Waals surface area contributed by atoms with Crippen LogP contribution in [0.4, 0.5) is 14.0 Å². The van der Waals surface area contributed by atoms with Gasteiger partial charge in [-0.25, -0.2) is 67.6 Å². The molecule has 5 saturated carbocycles. The van der Waals surface area contributed by atoms with E-state index in [1.807, 2.05) is 69.2 Å². The molecule has 786 valence electrons. The van der Waals surface area contributed by atoms with Crippen molar-refractivity contribution >= 4 is 89.0 Å². The molecule has 0 N–H and O–H groups in total. The topological polar surface area (TPSA) is 329 Å². The predicted molar refractivity (Wildman–Crippen MR) is 508 cm³/mol. The highest BCUT2D eigenvalue weighted by molar-refractivity contribution is 8.00. The van der Waals surface area contributed by atoms with Crippen LogP contribution in [0, 0.1) is 130 Å². The first kappa shape index (κ1) is 107. The number of thioether (sulfide) groups is 5. The molecule has 40 atom stereocenters. The van der Waals surface area contributed by atoms with Gasteiger partial charge in [-0.3, -0.25) is 9.59 Å². The predicted octanol–water partition coefficient (Wildman–Crippen LogP) is 20.8. The zero-order chi connectivity index (χ0) is 99.3. The zero-order valence-corrected chi connectivity index (χ0v) is 89.3. The second kappa shape index (κ2) is 42.5. The maximum atomic E-state index is 13.4. The minimum absolute atomic E-state index is 0.0828. The van der Waals surface area contributed by atoms with Gasteiger partial charge in [-0.1, -0.05) is 134 Å². The Kier molecular flexibility index (Phi) is 32.8. The van der Waals surface area contributed by atoms with Gasteiger partial charge in [0, 0.05) is 81.7 Å². The lowest BCUT2D eigenvalue weighted by Gasteiger charge is -2.60. The third-order valence-corrected chi connectivity index (χ3v) is 41.1. The Balaban J connectivity index is 0.000000120. The van der Waals surface area contributed by atoms with E-state index in [0.717, 1.165) is 103 Å². The molecule has 139 heavy (non-hydrogen) atoms. The second-order valence-corrected chi connectivity index (χ2v) is 50.4. The lowest BCUT2D eigenvalue weighted by atomic mass is 9.58. The first-order valence-corrected chi connectivity index (χ1v) is 56.7. The number of hydrogen-bond donors (Lipinski definition) is 0. The van der Waals surface area contributed by atoms with Crippen LogP contribution in [0.1, 0.15) is 284 Å². The molecule has 5 aliphatic carbocycles. The summed E-state index contributed by atoms with van der Waals surface area (Å²) in [6, 6.07) is 5.50. The van der Waals surface area contributed by atoms with E-state index in [1.165, 1.54) is 123 Å². The third-order valence-electron chi connectivity index (χ3n) is 35.5. The fourth-order valence-corrected chi connectivity index (χ4v) is 32.6. The van der Waals surface area contributed by atoms with Gasteiger partial charge >= 0.3 is 30.2 Å².